The van der Waals surface area contributed by atoms with Crippen molar-refractivity contribution in [2.45, 2.75) is 50.1 Å². The number of methoxy groups -OCH3 is 1. The number of halogens is 1. The fraction of sp³-hybridized carbons (Fsp3) is 0.381. The van der Waals surface area contributed by atoms with Crippen LogP contribution in [0.25, 0.3) is 0 Å². The van der Waals surface area contributed by atoms with Crippen molar-refractivity contribution in [3.05, 3.63) is 59.1 Å². The van der Waals surface area contributed by atoms with E-state index in [0.717, 1.165) is 18.4 Å². The van der Waals surface area contributed by atoms with Crippen LogP contribution in [0.2, 0.25) is 5.02 Å². The van der Waals surface area contributed by atoms with Crippen LogP contribution in [0.3, 0.4) is 0 Å². The number of carbonyl (C=O) groups is 1. The average Bonchev–Trinajstić information content (AvgIpc) is 2.68. The molecule has 0 aliphatic carbocycles. The molecule has 2 rings (SSSR count). The Morgan fingerprint density at radius 3 is 2.48 bits per heavy atom. The van der Waals surface area contributed by atoms with Crippen molar-refractivity contribution in [3.63, 3.8) is 0 Å². The fourth-order valence-electron chi connectivity index (χ4n) is 3.00. The molecule has 0 aliphatic heterocycles. The van der Waals surface area contributed by atoms with E-state index in [9.17, 15) is 13.2 Å². The van der Waals surface area contributed by atoms with E-state index >= 15 is 0 Å². The smallest absolute Gasteiger partial charge is 0.245 e. The lowest BCUT2D eigenvalue weighted by Gasteiger charge is -2.22. The van der Waals surface area contributed by atoms with Gasteiger partial charge >= 0.3 is 0 Å². The predicted octanol–water partition coefficient (Wildman–Crippen LogP) is 3.54. The second kappa shape index (κ2) is 10.6. The summed E-state index contributed by atoms with van der Waals surface area (Å²) < 4.78 is 33.8. The van der Waals surface area contributed by atoms with Crippen LogP contribution in [0, 0.1) is 0 Å². The van der Waals surface area contributed by atoms with Gasteiger partial charge in [-0.25, -0.2) is 8.42 Å². The van der Waals surface area contributed by atoms with Crippen LogP contribution in [0.5, 0.6) is 5.75 Å². The van der Waals surface area contributed by atoms with Gasteiger partial charge in [0.25, 0.3) is 0 Å². The summed E-state index contributed by atoms with van der Waals surface area (Å²) in [5.74, 6) is -0.223. The molecule has 0 saturated heterocycles. The summed E-state index contributed by atoms with van der Waals surface area (Å²) in [7, 11) is -2.68. The minimum absolute atomic E-state index is 0.0593. The highest BCUT2D eigenvalue weighted by molar-refractivity contribution is 7.89. The van der Waals surface area contributed by atoms with Crippen molar-refractivity contribution in [2.24, 2.45) is 0 Å². The first-order valence-electron chi connectivity index (χ1n) is 9.47. The molecule has 29 heavy (non-hydrogen) atoms. The molecule has 0 fully saturated rings. The van der Waals surface area contributed by atoms with E-state index in [2.05, 4.69) is 10.0 Å². The van der Waals surface area contributed by atoms with Gasteiger partial charge in [0.1, 0.15) is 16.7 Å². The predicted molar refractivity (Wildman–Crippen MR) is 115 cm³/mol. The van der Waals surface area contributed by atoms with E-state index in [-0.39, 0.29) is 34.0 Å². The number of hydrogen-bond donors (Lipinski definition) is 2. The molecule has 0 saturated carbocycles. The minimum atomic E-state index is -4.06. The highest BCUT2D eigenvalue weighted by Crippen LogP contribution is 2.27. The Morgan fingerprint density at radius 1 is 1.17 bits per heavy atom. The normalized spacial score (nSPS) is 13.5. The lowest BCUT2D eigenvalue weighted by molar-refractivity contribution is -0.123. The van der Waals surface area contributed by atoms with E-state index in [1.807, 2.05) is 44.2 Å². The van der Waals surface area contributed by atoms with Gasteiger partial charge in [0.2, 0.25) is 15.9 Å². The van der Waals surface area contributed by atoms with Gasteiger partial charge in [0.05, 0.1) is 7.11 Å². The number of amides is 1. The summed E-state index contributed by atoms with van der Waals surface area (Å²) in [4.78, 5) is 12.8. The summed E-state index contributed by atoms with van der Waals surface area (Å²) in [6.07, 6.45) is 1.93. The lowest BCUT2D eigenvalue weighted by atomic mass is 10.1. The van der Waals surface area contributed by atoms with Crippen molar-refractivity contribution in [1.29, 1.82) is 0 Å². The first kappa shape index (κ1) is 23.2. The first-order valence-corrected chi connectivity index (χ1v) is 11.3. The van der Waals surface area contributed by atoms with Crippen LogP contribution in [-0.2, 0) is 21.2 Å². The van der Waals surface area contributed by atoms with Crippen LogP contribution in [0.4, 0.5) is 0 Å². The molecule has 2 unspecified atom stereocenters. The molecule has 2 atom stereocenters. The van der Waals surface area contributed by atoms with E-state index in [4.69, 9.17) is 16.3 Å². The van der Waals surface area contributed by atoms with Gasteiger partial charge in [-0.2, -0.15) is 4.72 Å². The van der Waals surface area contributed by atoms with Gasteiger partial charge in [-0.15, -0.1) is 0 Å². The largest absolute Gasteiger partial charge is 0.495 e. The van der Waals surface area contributed by atoms with Crippen molar-refractivity contribution >= 4 is 27.5 Å². The third-order valence-electron chi connectivity index (χ3n) is 4.42. The third-order valence-corrected chi connectivity index (χ3v) is 6.15. The summed E-state index contributed by atoms with van der Waals surface area (Å²) in [6.45, 7) is 3.92. The molecule has 0 aliphatic rings. The Balaban J connectivity index is 2.32. The van der Waals surface area contributed by atoms with Gasteiger partial charge in [-0.3, -0.25) is 4.79 Å². The standard InChI is InChI=1S/C21H27ClN2O4S/c1-4-8-15(2)23-21(25)18(13-16-9-6-5-7-10-16)24-29(26,27)20-14-17(22)11-12-19(20)28-3/h5-7,9-12,14-15,18,24H,4,8,13H2,1-3H3,(H,23,25). The third kappa shape index (κ3) is 6.73. The van der Waals surface area contributed by atoms with E-state index in [1.54, 1.807) is 6.07 Å². The van der Waals surface area contributed by atoms with Crippen LogP contribution in [-0.4, -0.2) is 33.5 Å². The molecule has 1 amide bonds. The molecule has 6 nitrogen and oxygen atoms in total. The van der Waals surface area contributed by atoms with Crippen LogP contribution >= 0.6 is 11.6 Å². The van der Waals surface area contributed by atoms with Crippen LogP contribution < -0.4 is 14.8 Å². The SMILES string of the molecule is CCCC(C)NC(=O)C(Cc1ccccc1)NS(=O)(=O)c1cc(Cl)ccc1OC. The second-order valence-corrected chi connectivity index (χ2v) is 8.98. The fourth-order valence-corrected chi connectivity index (χ4v) is 4.62. The molecule has 0 radical (unpaired) electrons. The molecule has 0 spiro atoms. The first-order chi connectivity index (χ1) is 13.8. The zero-order valence-electron chi connectivity index (χ0n) is 16.8. The Bertz CT molecular complexity index is 920. The molecule has 2 aromatic rings. The number of nitrogens with one attached hydrogen (secondary N) is 2. The molecular formula is C21H27ClN2O4S. The van der Waals surface area contributed by atoms with E-state index in [0.29, 0.717) is 0 Å². The second-order valence-electron chi connectivity index (χ2n) is 6.86. The molecule has 0 bridgehead atoms. The molecular weight excluding hydrogens is 412 g/mol. The molecule has 8 heteroatoms. The number of rotatable bonds is 10. The van der Waals surface area contributed by atoms with Crippen molar-refractivity contribution in [2.75, 3.05) is 7.11 Å². The maximum atomic E-state index is 13.1. The minimum Gasteiger partial charge on any atom is -0.495 e. The Morgan fingerprint density at radius 2 is 1.86 bits per heavy atom. The summed E-state index contributed by atoms with van der Waals surface area (Å²) in [6, 6.07) is 12.5. The highest BCUT2D eigenvalue weighted by Gasteiger charge is 2.29. The number of sulfonamides is 1. The quantitative estimate of drug-likeness (QED) is 0.594. The van der Waals surface area contributed by atoms with Gasteiger partial charge < -0.3 is 10.1 Å². The van der Waals surface area contributed by atoms with Crippen molar-refractivity contribution in [1.82, 2.24) is 10.0 Å². The molecule has 2 N–H and O–H groups in total. The maximum Gasteiger partial charge on any atom is 0.245 e. The number of hydrogen-bond acceptors (Lipinski definition) is 4. The average molecular weight is 439 g/mol. The van der Waals surface area contributed by atoms with Crippen LogP contribution in [0.1, 0.15) is 32.3 Å². The Hall–Kier alpha value is -2.09. The topological polar surface area (TPSA) is 84.5 Å². The van der Waals surface area contributed by atoms with Crippen LogP contribution in [0.15, 0.2) is 53.4 Å². The zero-order chi connectivity index (χ0) is 21.4. The van der Waals surface area contributed by atoms with Crippen molar-refractivity contribution in [3.8, 4) is 5.75 Å². The van der Waals surface area contributed by atoms with Crippen molar-refractivity contribution < 1.29 is 17.9 Å². The van der Waals surface area contributed by atoms with Gasteiger partial charge in [0.15, 0.2) is 0 Å². The Kier molecular flexibility index (Phi) is 8.49. The summed E-state index contributed by atoms with van der Waals surface area (Å²) in [5.41, 5.74) is 0.844. The number of carbonyl (C=O) groups excluding carboxylic acids is 1. The zero-order valence-corrected chi connectivity index (χ0v) is 18.4. The van der Waals surface area contributed by atoms with Gasteiger partial charge in [-0.1, -0.05) is 55.3 Å². The molecule has 2 aromatic carbocycles. The van der Waals surface area contributed by atoms with Gasteiger partial charge in [-0.05, 0) is 43.5 Å². The number of benzene rings is 2. The Labute approximate surface area is 177 Å². The highest BCUT2D eigenvalue weighted by atomic mass is 35.5. The molecule has 0 aromatic heterocycles. The molecule has 0 heterocycles. The maximum absolute atomic E-state index is 13.1. The molecule has 158 valence electrons. The summed E-state index contributed by atoms with van der Waals surface area (Å²) >= 11 is 5.99. The monoisotopic (exact) mass is 438 g/mol. The lowest BCUT2D eigenvalue weighted by Crippen LogP contribution is -2.50. The van der Waals surface area contributed by atoms with E-state index < -0.39 is 16.1 Å². The van der Waals surface area contributed by atoms with E-state index in [1.165, 1.54) is 19.2 Å². The van der Waals surface area contributed by atoms with Gasteiger partial charge in [0, 0.05) is 11.1 Å². The summed E-state index contributed by atoms with van der Waals surface area (Å²) in [5, 5.41) is 3.15. The number of ether oxygens (including phenoxy) is 1.